The number of rotatable bonds is 0. The van der Waals surface area contributed by atoms with Crippen molar-refractivity contribution in [2.45, 2.75) is 0 Å². The van der Waals surface area contributed by atoms with Gasteiger partial charge < -0.3 is 4.98 Å². The third-order valence-electron chi connectivity index (χ3n) is 4.13. The summed E-state index contributed by atoms with van der Waals surface area (Å²) >= 11 is 14.4. The molecule has 1 nitrogen and oxygen atoms in total. The molecule has 5 aromatic rings. The molecule has 0 aliphatic heterocycles. The summed E-state index contributed by atoms with van der Waals surface area (Å²) in [7, 11) is 0. The molecule has 3 aromatic carbocycles. The van der Waals surface area contributed by atoms with Crippen LogP contribution in [0.4, 0.5) is 0 Å². The van der Waals surface area contributed by atoms with E-state index < -0.39 is 0 Å². The average Bonchev–Trinajstić information content (AvgIpc) is 3.03. The van der Waals surface area contributed by atoms with Crippen LogP contribution in [0.3, 0.4) is 0 Å². The van der Waals surface area contributed by atoms with E-state index in [0.29, 0.717) is 0 Å². The zero-order valence-corrected chi connectivity index (χ0v) is 13.6. The van der Waals surface area contributed by atoms with Crippen LogP contribution in [0.2, 0.25) is 10.0 Å². The van der Waals surface area contributed by atoms with Crippen LogP contribution in [-0.4, -0.2) is 4.98 Å². The van der Waals surface area contributed by atoms with Gasteiger partial charge in [0.15, 0.2) is 0 Å². The Labute approximate surface area is 140 Å². The van der Waals surface area contributed by atoms with Crippen molar-refractivity contribution in [1.82, 2.24) is 4.98 Å². The highest BCUT2D eigenvalue weighted by atomic mass is 35.5. The Bertz CT molecular complexity index is 1200. The number of halogens is 2. The smallest absolute Gasteiger partial charge is 0.0661 e. The van der Waals surface area contributed by atoms with E-state index >= 15 is 0 Å². The van der Waals surface area contributed by atoms with Gasteiger partial charge in [0.1, 0.15) is 0 Å². The second-order valence-corrected chi connectivity index (χ2v) is 7.29. The zero-order valence-electron chi connectivity index (χ0n) is 11.3. The molecule has 0 saturated carbocycles. The van der Waals surface area contributed by atoms with Crippen LogP contribution in [0.25, 0.3) is 42.0 Å². The van der Waals surface area contributed by atoms with Crippen LogP contribution < -0.4 is 0 Å². The van der Waals surface area contributed by atoms with E-state index in [-0.39, 0.29) is 0 Å². The van der Waals surface area contributed by atoms with Crippen LogP contribution in [0.15, 0.2) is 48.5 Å². The second-order valence-electron chi connectivity index (χ2n) is 5.40. The maximum Gasteiger partial charge on any atom is 0.0661 e. The summed E-state index contributed by atoms with van der Waals surface area (Å²) < 4.78 is 2.48. The molecule has 4 heteroatoms. The van der Waals surface area contributed by atoms with Crippen molar-refractivity contribution in [2.24, 2.45) is 0 Å². The van der Waals surface area contributed by atoms with Gasteiger partial charge in [-0.3, -0.25) is 0 Å². The minimum Gasteiger partial charge on any atom is -0.353 e. The molecule has 0 radical (unpaired) electrons. The van der Waals surface area contributed by atoms with Gasteiger partial charge in [-0.25, -0.2) is 0 Å². The number of H-pyrrole nitrogens is 1. The van der Waals surface area contributed by atoms with E-state index in [0.717, 1.165) is 31.9 Å². The lowest BCUT2D eigenvalue weighted by Gasteiger charge is -2.02. The Kier molecular flexibility index (Phi) is 2.55. The van der Waals surface area contributed by atoms with Gasteiger partial charge in [-0.05, 0) is 35.7 Å². The van der Waals surface area contributed by atoms with Gasteiger partial charge in [-0.1, -0.05) is 41.4 Å². The van der Waals surface area contributed by atoms with E-state index in [4.69, 9.17) is 23.2 Å². The van der Waals surface area contributed by atoms with Crippen molar-refractivity contribution in [2.75, 3.05) is 0 Å². The largest absolute Gasteiger partial charge is 0.353 e. The number of fused-ring (bicyclic) bond motifs is 7. The van der Waals surface area contributed by atoms with Crippen LogP contribution >= 0.6 is 34.5 Å². The van der Waals surface area contributed by atoms with Gasteiger partial charge in [0.05, 0.1) is 10.2 Å². The Morgan fingerprint density at radius 3 is 2.73 bits per heavy atom. The standard InChI is InChI=1S/C18H9Cl2NS/c19-10-5-6-13-11(8-10)18-17(21-13)16-14(22-18)7-4-9-2-1-3-12(20)15(9)16/h1-8,21H. The number of hydrogen-bond acceptors (Lipinski definition) is 1. The lowest BCUT2D eigenvalue weighted by atomic mass is 10.1. The summed E-state index contributed by atoms with van der Waals surface area (Å²) in [5.74, 6) is 0. The zero-order chi connectivity index (χ0) is 14.8. The SMILES string of the molecule is Clc1ccc2[nH]c3c(sc4ccc5cccc(Cl)c5c43)c2c1. The third kappa shape index (κ3) is 1.60. The number of benzene rings is 3. The summed E-state index contributed by atoms with van der Waals surface area (Å²) in [6, 6.07) is 16.3. The summed E-state index contributed by atoms with van der Waals surface area (Å²) in [6.45, 7) is 0. The normalized spacial score (nSPS) is 12.1. The summed E-state index contributed by atoms with van der Waals surface area (Å²) in [4.78, 5) is 3.54. The first-order valence-corrected chi connectivity index (χ1v) is 8.50. The first kappa shape index (κ1) is 12.8. The maximum atomic E-state index is 6.49. The molecule has 1 N–H and O–H groups in total. The molecular formula is C18H9Cl2NS. The fourth-order valence-corrected chi connectivity index (χ4v) is 4.82. The van der Waals surface area contributed by atoms with Crippen LogP contribution in [0.1, 0.15) is 0 Å². The van der Waals surface area contributed by atoms with Crippen LogP contribution in [-0.2, 0) is 0 Å². The number of aromatic amines is 1. The topological polar surface area (TPSA) is 15.8 Å². The first-order valence-electron chi connectivity index (χ1n) is 6.93. The lowest BCUT2D eigenvalue weighted by Crippen LogP contribution is -1.76. The van der Waals surface area contributed by atoms with Crippen LogP contribution in [0.5, 0.6) is 0 Å². The Morgan fingerprint density at radius 2 is 1.82 bits per heavy atom. The monoisotopic (exact) mass is 341 g/mol. The molecule has 5 rings (SSSR count). The number of nitrogens with one attached hydrogen (secondary N) is 1. The van der Waals surface area contributed by atoms with E-state index in [2.05, 4.69) is 23.2 Å². The van der Waals surface area contributed by atoms with Crippen molar-refractivity contribution >= 4 is 76.5 Å². The molecule has 0 atom stereocenters. The fraction of sp³-hybridized carbons (Fsp3) is 0. The van der Waals surface area contributed by atoms with Gasteiger partial charge in [0.25, 0.3) is 0 Å². The number of hydrogen-bond donors (Lipinski definition) is 1. The van der Waals surface area contributed by atoms with Crippen molar-refractivity contribution in [3.8, 4) is 0 Å². The lowest BCUT2D eigenvalue weighted by molar-refractivity contribution is 1.57. The molecule has 0 bridgehead atoms. The van der Waals surface area contributed by atoms with E-state index in [1.165, 1.54) is 20.2 Å². The summed E-state index contributed by atoms with van der Waals surface area (Å²) in [5, 5.41) is 6.20. The molecule has 0 unspecified atom stereocenters. The molecule has 106 valence electrons. The number of aromatic nitrogens is 1. The predicted octanol–water partition coefficient (Wildman–Crippen LogP) is 7.00. The van der Waals surface area contributed by atoms with Crippen LogP contribution in [0, 0.1) is 0 Å². The van der Waals surface area contributed by atoms with Gasteiger partial charge in [-0.2, -0.15) is 0 Å². The molecule has 22 heavy (non-hydrogen) atoms. The predicted molar refractivity (Wildman–Crippen MR) is 98.7 cm³/mol. The Hall–Kier alpha value is -1.74. The van der Waals surface area contributed by atoms with Gasteiger partial charge >= 0.3 is 0 Å². The second kappa shape index (κ2) is 4.39. The van der Waals surface area contributed by atoms with E-state index in [1.807, 2.05) is 30.3 Å². The molecule has 0 saturated heterocycles. The van der Waals surface area contributed by atoms with E-state index in [9.17, 15) is 0 Å². The van der Waals surface area contributed by atoms with E-state index in [1.54, 1.807) is 11.3 Å². The summed E-state index contributed by atoms with van der Waals surface area (Å²) in [6.07, 6.45) is 0. The van der Waals surface area contributed by atoms with Gasteiger partial charge in [0, 0.05) is 36.4 Å². The van der Waals surface area contributed by atoms with Gasteiger partial charge in [-0.15, -0.1) is 11.3 Å². The van der Waals surface area contributed by atoms with Crippen molar-refractivity contribution in [1.29, 1.82) is 0 Å². The minimum absolute atomic E-state index is 0.758. The van der Waals surface area contributed by atoms with Crippen molar-refractivity contribution in [3.05, 3.63) is 58.6 Å². The molecule has 2 aromatic heterocycles. The van der Waals surface area contributed by atoms with Gasteiger partial charge in [0.2, 0.25) is 0 Å². The molecule has 0 aliphatic rings. The highest BCUT2D eigenvalue weighted by molar-refractivity contribution is 7.26. The fourth-order valence-electron chi connectivity index (χ4n) is 3.18. The highest BCUT2D eigenvalue weighted by Gasteiger charge is 2.15. The maximum absolute atomic E-state index is 6.49. The molecule has 0 spiro atoms. The third-order valence-corrected chi connectivity index (χ3v) is 5.87. The van der Waals surface area contributed by atoms with Crippen molar-refractivity contribution < 1.29 is 0 Å². The molecular weight excluding hydrogens is 333 g/mol. The highest BCUT2D eigenvalue weighted by Crippen LogP contribution is 2.43. The molecule has 0 fully saturated rings. The Morgan fingerprint density at radius 1 is 0.909 bits per heavy atom. The molecule has 0 amide bonds. The quantitative estimate of drug-likeness (QED) is 0.312. The average molecular weight is 342 g/mol. The summed E-state index contributed by atoms with van der Waals surface area (Å²) in [5.41, 5.74) is 2.26. The molecule has 2 heterocycles. The first-order chi connectivity index (χ1) is 10.7. The molecule has 0 aliphatic carbocycles. The minimum atomic E-state index is 0.758. The Balaban J connectivity index is 2.11. The van der Waals surface area contributed by atoms with Crippen molar-refractivity contribution in [3.63, 3.8) is 0 Å². The number of thiophene rings is 1.